The Morgan fingerprint density at radius 3 is 2.96 bits per heavy atom. The zero-order valence-electron chi connectivity index (χ0n) is 13.9. The Kier molecular flexibility index (Phi) is 5.48. The summed E-state index contributed by atoms with van der Waals surface area (Å²) in [7, 11) is 0. The van der Waals surface area contributed by atoms with Gasteiger partial charge in [-0.3, -0.25) is 4.79 Å². The van der Waals surface area contributed by atoms with Crippen LogP contribution in [0.25, 0.3) is 0 Å². The normalized spacial score (nSPS) is 15.7. The molecule has 0 aromatic heterocycles. The molecule has 0 bridgehead atoms. The van der Waals surface area contributed by atoms with E-state index in [1.54, 1.807) is 31.2 Å². The fourth-order valence-corrected chi connectivity index (χ4v) is 2.54. The third-order valence-corrected chi connectivity index (χ3v) is 3.83. The second kappa shape index (κ2) is 7.97. The van der Waals surface area contributed by atoms with Gasteiger partial charge in [0.05, 0.1) is 17.8 Å². The van der Waals surface area contributed by atoms with Gasteiger partial charge in [0.1, 0.15) is 6.61 Å². The van der Waals surface area contributed by atoms with E-state index in [4.69, 9.17) is 25.8 Å². The zero-order valence-corrected chi connectivity index (χ0v) is 14.7. The molecular weight excluding hydrogens is 360 g/mol. The average Bonchev–Trinajstić information content (AvgIpc) is 2.65. The van der Waals surface area contributed by atoms with E-state index in [0.717, 1.165) is 0 Å². The molecule has 8 heteroatoms. The van der Waals surface area contributed by atoms with Gasteiger partial charge < -0.3 is 19.3 Å². The van der Waals surface area contributed by atoms with Crippen molar-refractivity contribution in [2.75, 3.05) is 13.2 Å². The standard InChI is InChI=1S/C18H17ClN2O5/c1-2-24-15-8-11(7-12(19)17(15)22)9-20-21-18(23)16-10-25-13-5-3-4-6-14(13)26-16/h3-9,16,22H,2,10H2,1H3,(H,21,23)/b20-9+/t16-/m1/s1. The fourth-order valence-electron chi connectivity index (χ4n) is 2.33. The molecule has 2 aromatic rings. The number of hydrogen-bond donors (Lipinski definition) is 2. The number of phenols is 1. The maximum atomic E-state index is 12.2. The Labute approximate surface area is 155 Å². The summed E-state index contributed by atoms with van der Waals surface area (Å²) in [6, 6.07) is 10.2. The van der Waals surface area contributed by atoms with Gasteiger partial charge in [0.15, 0.2) is 23.0 Å². The highest BCUT2D eigenvalue weighted by Gasteiger charge is 2.27. The maximum absolute atomic E-state index is 12.2. The Balaban J connectivity index is 1.63. The molecule has 1 aliphatic rings. The third-order valence-electron chi connectivity index (χ3n) is 3.54. The minimum Gasteiger partial charge on any atom is -0.503 e. The number of benzene rings is 2. The summed E-state index contributed by atoms with van der Waals surface area (Å²) in [6.45, 7) is 2.26. The molecular formula is C18H17ClN2O5. The molecule has 1 amide bonds. The van der Waals surface area contributed by atoms with Crippen LogP contribution in [0.15, 0.2) is 41.5 Å². The second-order valence-corrected chi connectivity index (χ2v) is 5.79. The molecule has 0 fully saturated rings. The van der Waals surface area contributed by atoms with Crippen LogP contribution in [0.4, 0.5) is 0 Å². The number of nitrogens with zero attached hydrogens (tertiary/aromatic N) is 1. The van der Waals surface area contributed by atoms with E-state index in [1.165, 1.54) is 12.3 Å². The molecule has 0 spiro atoms. The van der Waals surface area contributed by atoms with Crippen LogP contribution in [0.2, 0.25) is 5.02 Å². The molecule has 0 aliphatic carbocycles. The first-order valence-electron chi connectivity index (χ1n) is 7.95. The van der Waals surface area contributed by atoms with Crippen LogP contribution in [0, 0.1) is 0 Å². The van der Waals surface area contributed by atoms with Gasteiger partial charge in [0.2, 0.25) is 6.10 Å². The number of aromatic hydroxyl groups is 1. The number of carbonyl (C=O) groups is 1. The first-order valence-corrected chi connectivity index (χ1v) is 8.33. The monoisotopic (exact) mass is 376 g/mol. The number of halogens is 1. The van der Waals surface area contributed by atoms with Crippen molar-refractivity contribution in [2.24, 2.45) is 5.10 Å². The molecule has 0 saturated heterocycles. The van der Waals surface area contributed by atoms with Crippen molar-refractivity contribution < 1.29 is 24.1 Å². The lowest BCUT2D eigenvalue weighted by Gasteiger charge is -2.24. The predicted molar refractivity (Wildman–Crippen MR) is 96.4 cm³/mol. The minimum absolute atomic E-state index is 0.0951. The van der Waals surface area contributed by atoms with E-state index >= 15 is 0 Å². The van der Waals surface area contributed by atoms with E-state index in [-0.39, 0.29) is 23.1 Å². The molecule has 1 heterocycles. The van der Waals surface area contributed by atoms with E-state index in [2.05, 4.69) is 10.5 Å². The molecule has 1 aliphatic heterocycles. The molecule has 0 unspecified atom stereocenters. The molecule has 26 heavy (non-hydrogen) atoms. The molecule has 2 aromatic carbocycles. The number of rotatable bonds is 5. The van der Waals surface area contributed by atoms with Gasteiger partial charge in [-0.25, -0.2) is 5.43 Å². The Hall–Kier alpha value is -2.93. The number of phenolic OH excluding ortho intramolecular Hbond substituents is 1. The number of nitrogens with one attached hydrogen (secondary N) is 1. The summed E-state index contributed by atoms with van der Waals surface area (Å²) in [5.74, 6) is 0.775. The first kappa shape index (κ1) is 17.9. The summed E-state index contributed by atoms with van der Waals surface area (Å²) in [5, 5.41) is 13.8. The average molecular weight is 377 g/mol. The van der Waals surface area contributed by atoms with Crippen molar-refractivity contribution in [3.8, 4) is 23.0 Å². The summed E-state index contributed by atoms with van der Waals surface area (Å²) < 4.78 is 16.4. The lowest BCUT2D eigenvalue weighted by atomic mass is 10.2. The maximum Gasteiger partial charge on any atom is 0.284 e. The Morgan fingerprint density at radius 1 is 1.42 bits per heavy atom. The van der Waals surface area contributed by atoms with Crippen molar-refractivity contribution in [2.45, 2.75) is 13.0 Å². The molecule has 2 N–H and O–H groups in total. The number of carbonyl (C=O) groups excluding carboxylic acids is 1. The van der Waals surface area contributed by atoms with E-state index in [1.807, 2.05) is 6.07 Å². The molecule has 1 atom stereocenters. The van der Waals surface area contributed by atoms with Gasteiger partial charge in [0.25, 0.3) is 5.91 Å². The molecule has 3 rings (SSSR count). The smallest absolute Gasteiger partial charge is 0.284 e. The van der Waals surface area contributed by atoms with Crippen molar-refractivity contribution in [3.63, 3.8) is 0 Å². The quantitative estimate of drug-likeness (QED) is 0.618. The Morgan fingerprint density at radius 2 is 2.19 bits per heavy atom. The Bertz CT molecular complexity index is 840. The highest BCUT2D eigenvalue weighted by molar-refractivity contribution is 6.32. The number of hydrazone groups is 1. The summed E-state index contributed by atoms with van der Waals surface area (Å²) in [5.41, 5.74) is 2.95. The van der Waals surface area contributed by atoms with Crippen LogP contribution in [0.1, 0.15) is 12.5 Å². The van der Waals surface area contributed by atoms with Crippen LogP contribution in [-0.4, -0.2) is 36.5 Å². The van der Waals surface area contributed by atoms with Crippen LogP contribution in [0.5, 0.6) is 23.0 Å². The van der Waals surface area contributed by atoms with Crippen LogP contribution in [0.3, 0.4) is 0 Å². The molecule has 136 valence electrons. The van der Waals surface area contributed by atoms with Crippen LogP contribution < -0.4 is 19.6 Å². The first-order chi connectivity index (χ1) is 12.6. The second-order valence-electron chi connectivity index (χ2n) is 5.38. The summed E-state index contributed by atoms with van der Waals surface area (Å²) in [6.07, 6.45) is 0.591. The number of ether oxygens (including phenoxy) is 3. The molecule has 0 saturated carbocycles. The SMILES string of the molecule is CCOc1cc(/C=N/NC(=O)[C@H]2COc3ccccc3O2)cc(Cl)c1O. The number of amides is 1. The van der Waals surface area contributed by atoms with E-state index in [9.17, 15) is 9.90 Å². The van der Waals surface area contributed by atoms with Crippen molar-refractivity contribution in [1.29, 1.82) is 0 Å². The van der Waals surface area contributed by atoms with Gasteiger partial charge >= 0.3 is 0 Å². The lowest BCUT2D eigenvalue weighted by molar-refractivity contribution is -0.130. The van der Waals surface area contributed by atoms with Crippen LogP contribution >= 0.6 is 11.6 Å². The summed E-state index contributed by atoms with van der Waals surface area (Å²) >= 11 is 5.95. The molecule has 7 nitrogen and oxygen atoms in total. The van der Waals surface area contributed by atoms with Gasteiger partial charge in [0, 0.05) is 0 Å². The van der Waals surface area contributed by atoms with Gasteiger partial charge in [-0.05, 0) is 36.8 Å². The predicted octanol–water partition coefficient (Wildman–Crippen LogP) is 2.73. The zero-order chi connectivity index (χ0) is 18.5. The number of fused-ring (bicyclic) bond motifs is 1. The van der Waals surface area contributed by atoms with Crippen LogP contribution in [-0.2, 0) is 4.79 Å². The van der Waals surface area contributed by atoms with Gasteiger partial charge in [-0.1, -0.05) is 23.7 Å². The highest BCUT2D eigenvalue weighted by atomic mass is 35.5. The van der Waals surface area contributed by atoms with E-state index in [0.29, 0.717) is 23.7 Å². The van der Waals surface area contributed by atoms with Crippen molar-refractivity contribution in [1.82, 2.24) is 5.43 Å². The lowest BCUT2D eigenvalue weighted by Crippen LogP contribution is -2.42. The number of para-hydroxylation sites is 2. The summed E-state index contributed by atoms with van der Waals surface area (Å²) in [4.78, 5) is 12.2. The highest BCUT2D eigenvalue weighted by Crippen LogP contribution is 2.34. The third kappa shape index (κ3) is 4.00. The topological polar surface area (TPSA) is 89.4 Å². The number of hydrogen-bond acceptors (Lipinski definition) is 6. The van der Waals surface area contributed by atoms with Crippen molar-refractivity contribution >= 4 is 23.7 Å². The van der Waals surface area contributed by atoms with Gasteiger partial charge in [-0.2, -0.15) is 5.10 Å². The molecule has 0 radical (unpaired) electrons. The van der Waals surface area contributed by atoms with E-state index < -0.39 is 12.0 Å². The fraction of sp³-hybridized carbons (Fsp3) is 0.222. The van der Waals surface area contributed by atoms with Crippen molar-refractivity contribution in [3.05, 3.63) is 47.0 Å². The minimum atomic E-state index is -0.801. The largest absolute Gasteiger partial charge is 0.503 e. The van der Waals surface area contributed by atoms with Gasteiger partial charge in [-0.15, -0.1) is 0 Å².